The molecule has 9 nitrogen and oxygen atoms in total. The highest BCUT2D eigenvalue weighted by atomic mass is 32.2. The fourth-order valence-corrected chi connectivity index (χ4v) is 5.07. The summed E-state index contributed by atoms with van der Waals surface area (Å²) in [5, 5.41) is 2.72. The van der Waals surface area contributed by atoms with Gasteiger partial charge in [0.1, 0.15) is 19.8 Å². The topological polar surface area (TPSA) is 111 Å². The number of rotatable bonds is 8. The van der Waals surface area contributed by atoms with Crippen molar-refractivity contribution in [2.24, 2.45) is 0 Å². The minimum absolute atomic E-state index is 0.0354. The molecule has 0 aliphatic carbocycles. The fourth-order valence-electron chi connectivity index (χ4n) is 3.64. The number of ether oxygens (including phenoxy) is 3. The van der Waals surface area contributed by atoms with E-state index in [-0.39, 0.29) is 22.8 Å². The molecule has 0 atom stereocenters. The first-order valence-electron chi connectivity index (χ1n) is 11.3. The van der Waals surface area contributed by atoms with Gasteiger partial charge in [0, 0.05) is 11.8 Å². The molecule has 36 heavy (non-hydrogen) atoms. The summed E-state index contributed by atoms with van der Waals surface area (Å²) < 4.78 is 44.4. The summed E-state index contributed by atoms with van der Waals surface area (Å²) in [5.41, 5.74) is 1.60. The van der Waals surface area contributed by atoms with Gasteiger partial charge in [-0.2, -0.15) is 0 Å². The van der Waals surface area contributed by atoms with Crippen LogP contribution >= 0.6 is 0 Å². The van der Waals surface area contributed by atoms with Crippen molar-refractivity contribution in [3.8, 4) is 11.5 Å². The molecule has 0 bridgehead atoms. The predicted molar refractivity (Wildman–Crippen MR) is 134 cm³/mol. The molecule has 0 saturated heterocycles. The summed E-state index contributed by atoms with van der Waals surface area (Å²) >= 11 is 0. The average molecular weight is 511 g/mol. The molecule has 1 aliphatic rings. The molecule has 0 unspecified atom stereocenters. The summed E-state index contributed by atoms with van der Waals surface area (Å²) in [6.45, 7) is 3.90. The van der Waals surface area contributed by atoms with E-state index in [4.69, 9.17) is 14.2 Å². The van der Waals surface area contributed by atoms with Gasteiger partial charge in [-0.15, -0.1) is 0 Å². The number of hydrogen-bond donors (Lipinski definition) is 1. The predicted octanol–water partition coefficient (Wildman–Crippen LogP) is 3.78. The van der Waals surface area contributed by atoms with Crippen LogP contribution in [0.5, 0.6) is 11.5 Å². The number of benzene rings is 3. The van der Waals surface area contributed by atoms with Crippen molar-refractivity contribution in [2.45, 2.75) is 18.7 Å². The van der Waals surface area contributed by atoms with Crippen LogP contribution in [0.15, 0.2) is 71.6 Å². The summed E-state index contributed by atoms with van der Waals surface area (Å²) in [6, 6.07) is 17.4. The molecule has 0 spiro atoms. The third kappa shape index (κ3) is 5.44. The molecule has 0 aromatic heterocycles. The maximum atomic E-state index is 13.6. The summed E-state index contributed by atoms with van der Waals surface area (Å²) in [5.74, 6) is -0.214. The lowest BCUT2D eigenvalue weighted by atomic mass is 10.1. The van der Waals surface area contributed by atoms with Gasteiger partial charge in [0.15, 0.2) is 11.5 Å². The van der Waals surface area contributed by atoms with Gasteiger partial charge in [0.25, 0.3) is 10.0 Å². The van der Waals surface area contributed by atoms with E-state index >= 15 is 0 Å². The Morgan fingerprint density at radius 2 is 1.69 bits per heavy atom. The minimum Gasteiger partial charge on any atom is -0.486 e. The van der Waals surface area contributed by atoms with Crippen LogP contribution < -0.4 is 19.1 Å². The highest BCUT2D eigenvalue weighted by Gasteiger charge is 2.28. The number of nitrogens with zero attached hydrogens (tertiary/aromatic N) is 1. The summed E-state index contributed by atoms with van der Waals surface area (Å²) in [4.78, 5) is 25.3. The largest absolute Gasteiger partial charge is 0.486 e. The smallest absolute Gasteiger partial charge is 0.338 e. The lowest BCUT2D eigenvalue weighted by Crippen LogP contribution is -2.38. The normalized spacial score (nSPS) is 12.5. The minimum atomic E-state index is -4.11. The first-order valence-corrected chi connectivity index (χ1v) is 12.8. The van der Waals surface area contributed by atoms with Gasteiger partial charge in [-0.05, 0) is 55.8 Å². The fraction of sp³-hybridized carbons (Fsp3) is 0.231. The van der Waals surface area contributed by atoms with Crippen LogP contribution in [0, 0.1) is 6.92 Å². The Kier molecular flexibility index (Phi) is 7.44. The van der Waals surface area contributed by atoms with E-state index in [1.807, 2.05) is 0 Å². The zero-order valence-corrected chi connectivity index (χ0v) is 20.7. The Bertz CT molecular complexity index is 1370. The molecule has 10 heteroatoms. The van der Waals surface area contributed by atoms with Crippen molar-refractivity contribution in [3.63, 3.8) is 0 Å². The van der Waals surface area contributed by atoms with E-state index in [0.29, 0.717) is 36.0 Å². The quantitative estimate of drug-likeness (QED) is 0.459. The number of hydrogen-bond acceptors (Lipinski definition) is 7. The molecular formula is C26H26N2O7S. The molecule has 0 radical (unpaired) electrons. The van der Waals surface area contributed by atoms with Gasteiger partial charge >= 0.3 is 5.97 Å². The monoisotopic (exact) mass is 510 g/mol. The number of esters is 1. The van der Waals surface area contributed by atoms with Gasteiger partial charge in [0.2, 0.25) is 5.91 Å². The van der Waals surface area contributed by atoms with Gasteiger partial charge in [-0.25, -0.2) is 13.2 Å². The summed E-state index contributed by atoms with van der Waals surface area (Å²) in [6.07, 6.45) is 0. The average Bonchev–Trinajstić information content (AvgIpc) is 2.89. The number of nitrogens with one attached hydrogen (secondary N) is 1. The zero-order valence-electron chi connectivity index (χ0n) is 19.9. The van der Waals surface area contributed by atoms with E-state index in [2.05, 4.69) is 5.32 Å². The number of sulfonamides is 1. The van der Waals surface area contributed by atoms with Crippen LogP contribution in [-0.2, 0) is 19.6 Å². The second kappa shape index (κ2) is 10.7. The van der Waals surface area contributed by atoms with Gasteiger partial charge in [0.05, 0.1) is 22.8 Å². The molecule has 1 amide bonds. The number of fused-ring (bicyclic) bond motifs is 1. The Morgan fingerprint density at radius 3 is 2.42 bits per heavy atom. The van der Waals surface area contributed by atoms with Crippen molar-refractivity contribution in [3.05, 3.63) is 77.9 Å². The lowest BCUT2D eigenvalue weighted by Gasteiger charge is -2.26. The molecule has 1 aliphatic heterocycles. The maximum Gasteiger partial charge on any atom is 0.338 e. The van der Waals surface area contributed by atoms with E-state index in [9.17, 15) is 18.0 Å². The molecule has 3 aromatic carbocycles. The standard InChI is InChI=1S/C26H26N2O7S/c1-3-33-26(30)19-10-9-18(2)22(15-19)27-25(29)17-28(36(31,32)21-7-5-4-6-8-21)20-11-12-23-24(16-20)35-14-13-34-23/h4-12,15-16H,3,13-14,17H2,1-2H3,(H,27,29). The molecule has 188 valence electrons. The molecule has 1 heterocycles. The number of anilines is 2. The molecule has 4 rings (SSSR count). The second-order valence-corrected chi connectivity index (χ2v) is 9.81. The number of amides is 1. The Morgan fingerprint density at radius 1 is 0.972 bits per heavy atom. The third-order valence-electron chi connectivity index (χ3n) is 5.45. The Hall–Kier alpha value is -4.05. The Labute approximate surface area is 209 Å². The van der Waals surface area contributed by atoms with E-state index in [0.717, 1.165) is 4.31 Å². The SMILES string of the molecule is CCOC(=O)c1ccc(C)c(NC(=O)CN(c2ccc3c(c2)OCCO3)S(=O)(=O)c2ccccc2)c1. The highest BCUT2D eigenvalue weighted by molar-refractivity contribution is 7.92. The van der Waals surface area contributed by atoms with Crippen molar-refractivity contribution < 1.29 is 32.2 Å². The van der Waals surface area contributed by atoms with Crippen molar-refractivity contribution in [1.29, 1.82) is 0 Å². The van der Waals surface area contributed by atoms with Gasteiger partial charge in [-0.3, -0.25) is 9.10 Å². The van der Waals surface area contributed by atoms with Crippen LogP contribution in [0.3, 0.4) is 0 Å². The lowest BCUT2D eigenvalue weighted by molar-refractivity contribution is -0.114. The molecule has 0 saturated carbocycles. The first kappa shape index (κ1) is 25.1. The van der Waals surface area contributed by atoms with E-state index in [1.165, 1.54) is 24.3 Å². The van der Waals surface area contributed by atoms with Crippen LogP contribution in [0.4, 0.5) is 11.4 Å². The van der Waals surface area contributed by atoms with Crippen molar-refractivity contribution in [2.75, 3.05) is 36.0 Å². The second-order valence-electron chi connectivity index (χ2n) is 7.95. The Balaban J connectivity index is 1.65. The number of carbonyl (C=O) groups is 2. The number of carbonyl (C=O) groups excluding carboxylic acids is 2. The first-order chi connectivity index (χ1) is 17.3. The van der Waals surface area contributed by atoms with Crippen molar-refractivity contribution in [1.82, 2.24) is 0 Å². The molecule has 1 N–H and O–H groups in total. The zero-order chi connectivity index (χ0) is 25.7. The van der Waals surface area contributed by atoms with Crippen LogP contribution in [0.25, 0.3) is 0 Å². The third-order valence-corrected chi connectivity index (χ3v) is 7.24. The molecule has 3 aromatic rings. The maximum absolute atomic E-state index is 13.6. The van der Waals surface area contributed by atoms with Crippen LogP contribution in [0.1, 0.15) is 22.8 Å². The number of aryl methyl sites for hydroxylation is 1. The molecule has 0 fully saturated rings. The van der Waals surface area contributed by atoms with Crippen LogP contribution in [-0.4, -0.2) is 46.7 Å². The van der Waals surface area contributed by atoms with Gasteiger partial charge in [-0.1, -0.05) is 24.3 Å². The van der Waals surface area contributed by atoms with E-state index < -0.39 is 28.4 Å². The van der Waals surface area contributed by atoms with E-state index in [1.54, 1.807) is 56.3 Å². The summed E-state index contributed by atoms with van der Waals surface area (Å²) in [7, 11) is -4.11. The molecular weight excluding hydrogens is 484 g/mol. The van der Waals surface area contributed by atoms with Crippen molar-refractivity contribution >= 4 is 33.3 Å². The van der Waals surface area contributed by atoms with Gasteiger partial charge < -0.3 is 19.5 Å². The highest BCUT2D eigenvalue weighted by Crippen LogP contribution is 2.35. The van der Waals surface area contributed by atoms with Crippen LogP contribution in [0.2, 0.25) is 0 Å².